The third-order valence-corrected chi connectivity index (χ3v) is 3.27. The van der Waals surface area contributed by atoms with E-state index in [0.717, 1.165) is 16.9 Å². The van der Waals surface area contributed by atoms with E-state index in [9.17, 15) is 9.59 Å². The van der Waals surface area contributed by atoms with E-state index in [0.29, 0.717) is 19.5 Å². The van der Waals surface area contributed by atoms with E-state index in [4.69, 9.17) is 4.74 Å². The molecule has 0 saturated heterocycles. The number of hydrogen-bond donors (Lipinski definition) is 2. The maximum absolute atomic E-state index is 11.7. The summed E-state index contributed by atoms with van der Waals surface area (Å²) < 4.78 is 5.08. The molecule has 0 bridgehead atoms. The summed E-state index contributed by atoms with van der Waals surface area (Å²) in [5.41, 5.74) is 1.95. The minimum absolute atomic E-state index is 0.299. The second kappa shape index (κ2) is 8.53. The second-order valence-corrected chi connectivity index (χ2v) is 4.89. The van der Waals surface area contributed by atoms with Crippen LogP contribution in [0.25, 0.3) is 0 Å². The van der Waals surface area contributed by atoms with E-state index in [-0.39, 0.29) is 0 Å². The molecular formula is C17H19N3O3. The molecule has 2 amide bonds. The Balaban J connectivity index is 1.70. The van der Waals surface area contributed by atoms with Gasteiger partial charge in [-0.1, -0.05) is 12.1 Å². The molecule has 2 rings (SSSR count). The number of amides is 2. The van der Waals surface area contributed by atoms with Crippen LogP contribution in [0.5, 0.6) is 5.75 Å². The summed E-state index contributed by atoms with van der Waals surface area (Å²) in [5, 5.41) is 5.17. The van der Waals surface area contributed by atoms with Crippen molar-refractivity contribution in [3.8, 4) is 5.75 Å². The highest BCUT2D eigenvalue weighted by molar-refractivity contribution is 6.35. The summed E-state index contributed by atoms with van der Waals surface area (Å²) in [4.78, 5) is 27.3. The smallest absolute Gasteiger partial charge is 0.309 e. The zero-order chi connectivity index (χ0) is 16.5. The number of carbonyl (C=O) groups is 2. The maximum Gasteiger partial charge on any atom is 0.309 e. The molecule has 1 heterocycles. The van der Waals surface area contributed by atoms with Gasteiger partial charge in [-0.3, -0.25) is 14.6 Å². The SMILES string of the molecule is COc1ccc(CCNC(=O)C(=O)NCc2ccncc2)cc1. The topological polar surface area (TPSA) is 80.3 Å². The summed E-state index contributed by atoms with van der Waals surface area (Å²) in [6.45, 7) is 0.696. The molecule has 6 heteroatoms. The highest BCUT2D eigenvalue weighted by Crippen LogP contribution is 2.11. The van der Waals surface area contributed by atoms with Crippen LogP contribution < -0.4 is 15.4 Å². The van der Waals surface area contributed by atoms with E-state index < -0.39 is 11.8 Å². The number of pyridine rings is 1. The Bertz CT molecular complexity index is 642. The molecule has 0 radical (unpaired) electrons. The van der Waals surface area contributed by atoms with Crippen LogP contribution in [0.3, 0.4) is 0 Å². The van der Waals surface area contributed by atoms with Crippen molar-refractivity contribution in [2.45, 2.75) is 13.0 Å². The summed E-state index contributed by atoms with van der Waals surface area (Å²) in [5.74, 6) is -0.489. The van der Waals surface area contributed by atoms with Crippen molar-refractivity contribution in [1.29, 1.82) is 0 Å². The van der Waals surface area contributed by atoms with Gasteiger partial charge in [-0.05, 0) is 41.8 Å². The molecule has 23 heavy (non-hydrogen) atoms. The quantitative estimate of drug-likeness (QED) is 0.782. The van der Waals surface area contributed by atoms with Crippen LogP contribution in [0.4, 0.5) is 0 Å². The van der Waals surface area contributed by atoms with Crippen LogP contribution in [0.2, 0.25) is 0 Å². The van der Waals surface area contributed by atoms with E-state index in [2.05, 4.69) is 15.6 Å². The van der Waals surface area contributed by atoms with Crippen molar-refractivity contribution in [1.82, 2.24) is 15.6 Å². The van der Waals surface area contributed by atoms with E-state index in [1.165, 1.54) is 0 Å². The summed E-state index contributed by atoms with van der Waals surface area (Å²) >= 11 is 0. The lowest BCUT2D eigenvalue weighted by molar-refractivity contribution is -0.139. The summed E-state index contributed by atoms with van der Waals surface area (Å²) in [6, 6.07) is 11.1. The molecule has 0 aliphatic heterocycles. The molecule has 1 aromatic carbocycles. The summed E-state index contributed by atoms with van der Waals surface area (Å²) in [7, 11) is 1.61. The monoisotopic (exact) mass is 313 g/mol. The molecule has 2 aromatic rings. The Labute approximate surface area is 134 Å². The van der Waals surface area contributed by atoms with Crippen LogP contribution in [0, 0.1) is 0 Å². The number of nitrogens with one attached hydrogen (secondary N) is 2. The van der Waals surface area contributed by atoms with Gasteiger partial charge in [-0.15, -0.1) is 0 Å². The molecule has 0 saturated carbocycles. The Morgan fingerprint density at radius 2 is 1.61 bits per heavy atom. The Morgan fingerprint density at radius 3 is 2.26 bits per heavy atom. The fourth-order valence-corrected chi connectivity index (χ4v) is 1.96. The van der Waals surface area contributed by atoms with Gasteiger partial charge in [0.15, 0.2) is 0 Å². The highest BCUT2D eigenvalue weighted by Gasteiger charge is 2.12. The fourth-order valence-electron chi connectivity index (χ4n) is 1.96. The van der Waals surface area contributed by atoms with Gasteiger partial charge in [-0.2, -0.15) is 0 Å². The summed E-state index contributed by atoms with van der Waals surface area (Å²) in [6.07, 6.45) is 3.92. The predicted molar refractivity (Wildman–Crippen MR) is 85.8 cm³/mol. The van der Waals surface area contributed by atoms with Gasteiger partial charge in [0.25, 0.3) is 0 Å². The van der Waals surface area contributed by atoms with Crippen LogP contribution >= 0.6 is 0 Å². The normalized spacial score (nSPS) is 9.96. The molecular weight excluding hydrogens is 294 g/mol. The van der Waals surface area contributed by atoms with Gasteiger partial charge in [0.05, 0.1) is 7.11 Å². The first-order chi connectivity index (χ1) is 11.2. The third kappa shape index (κ3) is 5.43. The van der Waals surface area contributed by atoms with Crippen molar-refractivity contribution < 1.29 is 14.3 Å². The molecule has 6 nitrogen and oxygen atoms in total. The van der Waals surface area contributed by atoms with Crippen molar-refractivity contribution >= 4 is 11.8 Å². The van der Waals surface area contributed by atoms with Crippen LogP contribution in [-0.2, 0) is 22.6 Å². The lowest BCUT2D eigenvalue weighted by atomic mass is 10.1. The lowest BCUT2D eigenvalue weighted by Crippen LogP contribution is -2.40. The van der Waals surface area contributed by atoms with E-state index in [1.807, 2.05) is 24.3 Å². The number of benzene rings is 1. The standard InChI is InChI=1S/C17H19N3O3/c1-23-15-4-2-13(3-5-15)8-11-19-16(21)17(22)20-12-14-6-9-18-10-7-14/h2-7,9-10H,8,11-12H2,1H3,(H,19,21)(H,20,22). The van der Waals surface area contributed by atoms with Crippen LogP contribution in [-0.4, -0.2) is 30.5 Å². The number of carbonyl (C=O) groups excluding carboxylic acids is 2. The van der Waals surface area contributed by atoms with Crippen molar-refractivity contribution in [3.05, 3.63) is 59.9 Å². The Hall–Kier alpha value is -2.89. The zero-order valence-electron chi connectivity index (χ0n) is 12.9. The molecule has 0 atom stereocenters. The Morgan fingerprint density at radius 1 is 0.957 bits per heavy atom. The van der Waals surface area contributed by atoms with Crippen molar-refractivity contribution in [2.24, 2.45) is 0 Å². The minimum atomic E-state index is -0.642. The number of methoxy groups -OCH3 is 1. The molecule has 0 fully saturated rings. The van der Waals surface area contributed by atoms with Gasteiger partial charge in [0.1, 0.15) is 5.75 Å². The number of nitrogens with zero attached hydrogens (tertiary/aromatic N) is 1. The maximum atomic E-state index is 11.7. The van der Waals surface area contributed by atoms with E-state index >= 15 is 0 Å². The van der Waals surface area contributed by atoms with Gasteiger partial charge >= 0.3 is 11.8 Å². The minimum Gasteiger partial charge on any atom is -0.497 e. The van der Waals surface area contributed by atoms with Crippen molar-refractivity contribution in [2.75, 3.05) is 13.7 Å². The first-order valence-electron chi connectivity index (χ1n) is 7.27. The molecule has 0 aliphatic carbocycles. The van der Waals surface area contributed by atoms with Gasteiger partial charge < -0.3 is 15.4 Å². The van der Waals surface area contributed by atoms with Gasteiger partial charge in [-0.25, -0.2) is 0 Å². The first kappa shape index (κ1) is 16.5. The predicted octanol–water partition coefficient (Wildman–Crippen LogP) is 1.07. The molecule has 120 valence electrons. The molecule has 0 spiro atoms. The zero-order valence-corrected chi connectivity index (χ0v) is 12.9. The average molecular weight is 313 g/mol. The average Bonchev–Trinajstić information content (AvgIpc) is 2.61. The second-order valence-electron chi connectivity index (χ2n) is 4.89. The van der Waals surface area contributed by atoms with Crippen LogP contribution in [0.15, 0.2) is 48.8 Å². The fraction of sp³-hybridized carbons (Fsp3) is 0.235. The number of rotatable bonds is 6. The van der Waals surface area contributed by atoms with Gasteiger partial charge in [0, 0.05) is 25.5 Å². The number of hydrogen-bond acceptors (Lipinski definition) is 4. The lowest BCUT2D eigenvalue weighted by Gasteiger charge is -2.07. The van der Waals surface area contributed by atoms with E-state index in [1.54, 1.807) is 31.6 Å². The number of ether oxygens (including phenoxy) is 1. The van der Waals surface area contributed by atoms with Gasteiger partial charge in [0.2, 0.25) is 0 Å². The third-order valence-electron chi connectivity index (χ3n) is 3.27. The van der Waals surface area contributed by atoms with Crippen LogP contribution in [0.1, 0.15) is 11.1 Å². The largest absolute Gasteiger partial charge is 0.497 e. The Kier molecular flexibility index (Phi) is 6.11. The molecule has 0 aliphatic rings. The highest BCUT2D eigenvalue weighted by atomic mass is 16.5. The first-order valence-corrected chi connectivity index (χ1v) is 7.27. The number of aromatic nitrogens is 1. The molecule has 0 unspecified atom stereocenters. The molecule has 1 aromatic heterocycles. The van der Waals surface area contributed by atoms with Crippen molar-refractivity contribution in [3.63, 3.8) is 0 Å². The molecule has 2 N–H and O–H groups in total.